The molecule has 0 aliphatic heterocycles. The molecule has 0 aromatic heterocycles. The van der Waals surface area contributed by atoms with Crippen LogP contribution in [0.2, 0.25) is 0 Å². The summed E-state index contributed by atoms with van der Waals surface area (Å²) in [7, 11) is 0. The highest BCUT2D eigenvalue weighted by Gasteiger charge is 2.56. The summed E-state index contributed by atoms with van der Waals surface area (Å²) >= 11 is 6.92. The lowest BCUT2D eigenvalue weighted by Crippen LogP contribution is -2.36. The Morgan fingerprint density at radius 3 is 1.89 bits per heavy atom. The molecule has 110 valence electrons. The number of unbranched alkanes of at least 4 members (excludes halogenated alkanes) is 3. The molecule has 0 heterocycles. The van der Waals surface area contributed by atoms with Gasteiger partial charge in [0.05, 0.1) is 0 Å². The lowest BCUT2D eigenvalue weighted by atomic mass is 10.2. The van der Waals surface area contributed by atoms with Crippen molar-refractivity contribution in [1.82, 2.24) is 0 Å². The van der Waals surface area contributed by atoms with E-state index in [2.05, 4.69) is 0 Å². The molecule has 0 bridgehead atoms. The summed E-state index contributed by atoms with van der Waals surface area (Å²) in [6, 6.07) is 0. The first-order valence-electron chi connectivity index (χ1n) is 5.89. The van der Waals surface area contributed by atoms with Crippen LogP contribution in [-0.2, 0) is 0 Å². The Labute approximate surface area is 114 Å². The van der Waals surface area contributed by atoms with Gasteiger partial charge in [-0.25, -0.2) is 0 Å². The smallest absolute Gasteiger partial charge is 0.196 e. The monoisotopic (exact) mass is 312 g/mol. The molecule has 0 atom stereocenters. The van der Waals surface area contributed by atoms with E-state index in [9.17, 15) is 22.0 Å². The molecular formula is C11H18ClF5S. The second kappa shape index (κ2) is 9.23. The van der Waals surface area contributed by atoms with Gasteiger partial charge in [-0.2, -0.15) is 33.7 Å². The molecule has 0 aliphatic rings. The van der Waals surface area contributed by atoms with Gasteiger partial charge in [-0.3, -0.25) is 0 Å². The molecule has 0 nitrogen and oxygen atoms in total. The molecule has 0 fully saturated rings. The van der Waals surface area contributed by atoms with Gasteiger partial charge in [0.15, 0.2) is 0 Å². The first kappa shape index (κ1) is 18.3. The van der Waals surface area contributed by atoms with Crippen LogP contribution >= 0.6 is 23.4 Å². The minimum atomic E-state index is -5.42. The lowest BCUT2D eigenvalue weighted by molar-refractivity contribution is -0.284. The molecule has 7 heteroatoms. The predicted octanol–water partition coefficient (Wildman–Crippen LogP) is 5.50. The number of thioether (sulfide) groups is 1. The van der Waals surface area contributed by atoms with Crippen LogP contribution in [0.3, 0.4) is 0 Å². The van der Waals surface area contributed by atoms with Gasteiger partial charge in [0.1, 0.15) is 0 Å². The van der Waals surface area contributed by atoms with Gasteiger partial charge in [-0.15, -0.1) is 11.6 Å². The van der Waals surface area contributed by atoms with Crippen molar-refractivity contribution < 1.29 is 22.0 Å². The maximum absolute atomic E-state index is 12.5. The standard InChI is InChI=1S/C11H18ClF5S/c12-7-3-1-2-4-8-18-9-5-6-10(13,14)11(15,16)17/h1-9H2. The number of alkyl halides is 6. The second-order valence-electron chi connectivity index (χ2n) is 4.02. The molecule has 0 N–H and O–H groups in total. The van der Waals surface area contributed by atoms with E-state index in [1.54, 1.807) is 0 Å². The minimum absolute atomic E-state index is 0.112. The van der Waals surface area contributed by atoms with Crippen molar-refractivity contribution in [3.8, 4) is 0 Å². The zero-order valence-electron chi connectivity index (χ0n) is 10.0. The zero-order chi connectivity index (χ0) is 14.1. The van der Waals surface area contributed by atoms with E-state index in [1.807, 2.05) is 0 Å². The van der Waals surface area contributed by atoms with Crippen molar-refractivity contribution in [2.24, 2.45) is 0 Å². The number of halogens is 6. The topological polar surface area (TPSA) is 0 Å². The van der Waals surface area contributed by atoms with Gasteiger partial charge in [-0.1, -0.05) is 12.8 Å². The van der Waals surface area contributed by atoms with Crippen LogP contribution in [0.25, 0.3) is 0 Å². The molecule has 0 radical (unpaired) electrons. The Balaban J connectivity index is 3.41. The van der Waals surface area contributed by atoms with Crippen molar-refractivity contribution in [1.29, 1.82) is 0 Å². The van der Waals surface area contributed by atoms with Gasteiger partial charge < -0.3 is 0 Å². The summed E-state index contributed by atoms with van der Waals surface area (Å²) < 4.78 is 60.4. The van der Waals surface area contributed by atoms with Gasteiger partial charge >= 0.3 is 12.1 Å². The van der Waals surface area contributed by atoms with Crippen LogP contribution in [0.15, 0.2) is 0 Å². The molecule has 0 saturated carbocycles. The van der Waals surface area contributed by atoms with Crippen molar-refractivity contribution in [2.45, 2.75) is 50.6 Å². The van der Waals surface area contributed by atoms with E-state index in [0.717, 1.165) is 31.4 Å². The summed E-state index contributed by atoms with van der Waals surface area (Å²) in [6.07, 6.45) is -2.66. The third-order valence-electron chi connectivity index (χ3n) is 2.37. The van der Waals surface area contributed by atoms with E-state index in [0.29, 0.717) is 11.6 Å². The fourth-order valence-corrected chi connectivity index (χ4v) is 2.44. The fourth-order valence-electron chi connectivity index (χ4n) is 1.29. The Morgan fingerprint density at radius 2 is 1.33 bits per heavy atom. The van der Waals surface area contributed by atoms with E-state index >= 15 is 0 Å². The van der Waals surface area contributed by atoms with Crippen molar-refractivity contribution in [2.75, 3.05) is 17.4 Å². The molecule has 18 heavy (non-hydrogen) atoms. The first-order valence-corrected chi connectivity index (χ1v) is 7.58. The molecule has 0 unspecified atom stereocenters. The maximum Gasteiger partial charge on any atom is 0.453 e. The van der Waals surface area contributed by atoms with Crippen molar-refractivity contribution in [3.05, 3.63) is 0 Å². The molecule has 0 amide bonds. The molecule has 0 aromatic rings. The second-order valence-corrected chi connectivity index (χ2v) is 5.62. The van der Waals surface area contributed by atoms with Crippen LogP contribution < -0.4 is 0 Å². The molecule has 0 saturated heterocycles. The van der Waals surface area contributed by atoms with Crippen LogP contribution in [0.1, 0.15) is 38.5 Å². The van der Waals surface area contributed by atoms with Crippen LogP contribution in [0.4, 0.5) is 22.0 Å². The Kier molecular flexibility index (Phi) is 9.38. The third kappa shape index (κ3) is 8.40. The number of hydrogen-bond acceptors (Lipinski definition) is 1. The lowest BCUT2D eigenvalue weighted by Gasteiger charge is -2.19. The highest BCUT2D eigenvalue weighted by molar-refractivity contribution is 7.99. The van der Waals surface area contributed by atoms with Crippen molar-refractivity contribution in [3.63, 3.8) is 0 Å². The van der Waals surface area contributed by atoms with E-state index < -0.39 is 18.5 Å². The Morgan fingerprint density at radius 1 is 0.778 bits per heavy atom. The number of rotatable bonds is 10. The molecular weight excluding hydrogens is 295 g/mol. The van der Waals surface area contributed by atoms with E-state index in [-0.39, 0.29) is 6.42 Å². The van der Waals surface area contributed by atoms with Crippen LogP contribution in [0.5, 0.6) is 0 Å². The van der Waals surface area contributed by atoms with Gasteiger partial charge in [0, 0.05) is 12.3 Å². The Hall–Kier alpha value is 0.290. The molecule has 0 rings (SSSR count). The summed E-state index contributed by atoms with van der Waals surface area (Å²) in [5, 5.41) is 0. The minimum Gasteiger partial charge on any atom is -0.196 e. The maximum atomic E-state index is 12.5. The quantitative estimate of drug-likeness (QED) is 0.292. The summed E-state index contributed by atoms with van der Waals surface area (Å²) in [5.74, 6) is -2.76. The van der Waals surface area contributed by atoms with Crippen molar-refractivity contribution >= 4 is 23.4 Å². The highest BCUT2D eigenvalue weighted by atomic mass is 35.5. The SMILES string of the molecule is FC(F)(F)C(F)(F)CCCSCCCCCCCl. The van der Waals surface area contributed by atoms with Gasteiger partial charge in [0.25, 0.3) is 0 Å². The van der Waals surface area contributed by atoms with E-state index in [4.69, 9.17) is 11.6 Å². The highest BCUT2D eigenvalue weighted by Crippen LogP contribution is 2.39. The predicted molar refractivity (Wildman–Crippen MR) is 66.7 cm³/mol. The van der Waals surface area contributed by atoms with Gasteiger partial charge in [0.2, 0.25) is 0 Å². The third-order valence-corrected chi connectivity index (χ3v) is 3.79. The summed E-state index contributed by atoms with van der Waals surface area (Å²) in [6.45, 7) is 0. The summed E-state index contributed by atoms with van der Waals surface area (Å²) in [4.78, 5) is 0. The largest absolute Gasteiger partial charge is 0.453 e. The molecule has 0 aliphatic carbocycles. The Bertz CT molecular complexity index is 208. The molecule has 0 aromatic carbocycles. The zero-order valence-corrected chi connectivity index (χ0v) is 11.6. The van der Waals surface area contributed by atoms with Gasteiger partial charge in [-0.05, 0) is 30.8 Å². The van der Waals surface area contributed by atoms with Crippen LogP contribution in [-0.4, -0.2) is 29.5 Å². The summed E-state index contributed by atoms with van der Waals surface area (Å²) in [5.41, 5.74) is 0. The normalized spacial score (nSPS) is 13.0. The van der Waals surface area contributed by atoms with E-state index in [1.165, 1.54) is 11.8 Å². The molecule has 0 spiro atoms. The average Bonchev–Trinajstić information content (AvgIpc) is 2.25. The fraction of sp³-hybridized carbons (Fsp3) is 1.00. The average molecular weight is 313 g/mol. The van der Waals surface area contributed by atoms with Crippen LogP contribution in [0, 0.1) is 0 Å². The first-order chi connectivity index (χ1) is 8.31. The number of hydrogen-bond donors (Lipinski definition) is 0.